The van der Waals surface area contributed by atoms with Crippen molar-refractivity contribution in [2.75, 3.05) is 0 Å². The summed E-state index contributed by atoms with van der Waals surface area (Å²) in [5.74, 6) is 0.864. The van der Waals surface area contributed by atoms with E-state index in [1.807, 2.05) is 30.3 Å². The molecule has 0 saturated carbocycles. The standard InChI is InChI=1S/C19H14Cl2N2O2/c20-14-6-8-17(21)16(11-14)18-9-7-15(25-18)12-22-23-19(24)10-13-4-2-1-3-5-13/h1-9,11-12H,10H2,(H,23,24)/b22-12+. The van der Waals surface area contributed by atoms with E-state index in [9.17, 15) is 4.79 Å². The molecule has 0 fully saturated rings. The Hall–Kier alpha value is -2.56. The lowest BCUT2D eigenvalue weighted by Gasteiger charge is -2.01. The highest BCUT2D eigenvalue weighted by Gasteiger charge is 2.09. The molecule has 0 aliphatic heterocycles. The van der Waals surface area contributed by atoms with Gasteiger partial charge in [-0.1, -0.05) is 53.5 Å². The third-order valence-electron chi connectivity index (χ3n) is 3.41. The van der Waals surface area contributed by atoms with E-state index in [1.54, 1.807) is 30.3 Å². The zero-order valence-corrected chi connectivity index (χ0v) is 14.6. The second kappa shape index (κ2) is 8.01. The molecule has 3 rings (SSSR count). The molecule has 126 valence electrons. The Balaban J connectivity index is 1.62. The summed E-state index contributed by atoms with van der Waals surface area (Å²) >= 11 is 12.1. The van der Waals surface area contributed by atoms with E-state index in [4.69, 9.17) is 27.6 Å². The summed E-state index contributed by atoms with van der Waals surface area (Å²) in [5.41, 5.74) is 4.09. The summed E-state index contributed by atoms with van der Waals surface area (Å²) in [6.07, 6.45) is 1.70. The van der Waals surface area contributed by atoms with E-state index in [2.05, 4.69) is 10.5 Å². The smallest absolute Gasteiger partial charge is 0.244 e. The number of amides is 1. The van der Waals surface area contributed by atoms with Crippen molar-refractivity contribution in [2.24, 2.45) is 5.10 Å². The van der Waals surface area contributed by atoms with Crippen molar-refractivity contribution in [1.29, 1.82) is 0 Å². The largest absolute Gasteiger partial charge is 0.455 e. The predicted octanol–water partition coefficient (Wildman–Crippen LogP) is 4.95. The van der Waals surface area contributed by atoms with Crippen molar-refractivity contribution in [2.45, 2.75) is 6.42 Å². The lowest BCUT2D eigenvalue weighted by Crippen LogP contribution is -2.19. The first kappa shape index (κ1) is 17.3. The van der Waals surface area contributed by atoms with Crippen LogP contribution in [0.1, 0.15) is 11.3 Å². The molecule has 0 saturated heterocycles. The molecule has 6 heteroatoms. The Kier molecular flexibility index (Phi) is 5.53. The van der Waals surface area contributed by atoms with Gasteiger partial charge in [-0.15, -0.1) is 0 Å². The highest BCUT2D eigenvalue weighted by Crippen LogP contribution is 2.31. The summed E-state index contributed by atoms with van der Waals surface area (Å²) in [6.45, 7) is 0. The lowest BCUT2D eigenvalue weighted by molar-refractivity contribution is -0.120. The molecule has 2 aromatic carbocycles. The Morgan fingerprint density at radius 2 is 1.88 bits per heavy atom. The molecule has 3 aromatic rings. The van der Waals surface area contributed by atoms with Crippen LogP contribution in [0.5, 0.6) is 0 Å². The number of hydrogen-bond acceptors (Lipinski definition) is 3. The van der Waals surface area contributed by atoms with Crippen LogP contribution in [0.4, 0.5) is 0 Å². The molecule has 0 spiro atoms. The average Bonchev–Trinajstić information content (AvgIpc) is 3.06. The second-order valence-corrected chi connectivity index (χ2v) is 6.13. The van der Waals surface area contributed by atoms with E-state index in [0.29, 0.717) is 27.1 Å². The number of benzene rings is 2. The van der Waals surface area contributed by atoms with Crippen molar-refractivity contribution >= 4 is 35.3 Å². The number of halogens is 2. The number of carbonyl (C=O) groups excluding carboxylic acids is 1. The van der Waals surface area contributed by atoms with E-state index >= 15 is 0 Å². The number of nitrogens with zero attached hydrogens (tertiary/aromatic N) is 1. The van der Waals surface area contributed by atoms with Gasteiger partial charge in [-0.3, -0.25) is 4.79 Å². The number of rotatable bonds is 5. The predicted molar refractivity (Wildman–Crippen MR) is 100 cm³/mol. The number of hydrazone groups is 1. The first-order valence-corrected chi connectivity index (χ1v) is 8.28. The molecule has 0 radical (unpaired) electrons. The molecular weight excluding hydrogens is 359 g/mol. The van der Waals surface area contributed by atoms with Gasteiger partial charge >= 0.3 is 0 Å². The molecule has 1 heterocycles. The van der Waals surface area contributed by atoms with Crippen molar-refractivity contribution < 1.29 is 9.21 Å². The lowest BCUT2D eigenvalue weighted by atomic mass is 10.1. The quantitative estimate of drug-likeness (QED) is 0.508. The van der Waals surface area contributed by atoms with E-state index < -0.39 is 0 Å². The van der Waals surface area contributed by atoms with Gasteiger partial charge in [0.15, 0.2) is 0 Å². The van der Waals surface area contributed by atoms with Crippen LogP contribution in [0.25, 0.3) is 11.3 Å². The van der Waals surface area contributed by atoms with Crippen LogP contribution in [0, 0.1) is 0 Å². The van der Waals surface area contributed by atoms with Gasteiger partial charge < -0.3 is 4.42 Å². The maximum absolute atomic E-state index is 11.8. The molecule has 0 aliphatic carbocycles. The minimum absolute atomic E-state index is 0.202. The molecule has 4 nitrogen and oxygen atoms in total. The van der Waals surface area contributed by atoms with E-state index in [-0.39, 0.29) is 12.3 Å². The number of carbonyl (C=O) groups is 1. The first-order valence-electron chi connectivity index (χ1n) is 7.53. The zero-order chi connectivity index (χ0) is 17.6. The molecule has 0 unspecified atom stereocenters. The number of hydrogen-bond donors (Lipinski definition) is 1. The number of nitrogens with one attached hydrogen (secondary N) is 1. The Bertz CT molecular complexity index is 905. The molecule has 1 amide bonds. The first-order chi connectivity index (χ1) is 12.1. The SMILES string of the molecule is O=C(Cc1ccccc1)N/N=C/c1ccc(-c2cc(Cl)ccc2Cl)o1. The fraction of sp³-hybridized carbons (Fsp3) is 0.0526. The minimum Gasteiger partial charge on any atom is -0.455 e. The summed E-state index contributed by atoms with van der Waals surface area (Å²) in [5, 5.41) is 5.02. The highest BCUT2D eigenvalue weighted by molar-refractivity contribution is 6.35. The van der Waals surface area contributed by atoms with Crippen LogP contribution < -0.4 is 5.43 Å². The maximum atomic E-state index is 11.8. The van der Waals surface area contributed by atoms with Crippen molar-refractivity contribution in [3.8, 4) is 11.3 Å². The van der Waals surface area contributed by atoms with Crippen LogP contribution in [0.2, 0.25) is 10.0 Å². The van der Waals surface area contributed by atoms with Gasteiger partial charge in [0.25, 0.3) is 0 Å². The van der Waals surface area contributed by atoms with Gasteiger partial charge in [0.05, 0.1) is 17.7 Å². The Morgan fingerprint density at radius 3 is 2.68 bits per heavy atom. The zero-order valence-electron chi connectivity index (χ0n) is 13.1. The van der Waals surface area contributed by atoms with Crippen molar-refractivity contribution in [3.05, 3.63) is 82.0 Å². The maximum Gasteiger partial charge on any atom is 0.244 e. The normalized spacial score (nSPS) is 11.0. The van der Waals surface area contributed by atoms with Gasteiger partial charge in [0, 0.05) is 10.6 Å². The topological polar surface area (TPSA) is 54.6 Å². The fourth-order valence-corrected chi connectivity index (χ4v) is 2.62. The van der Waals surface area contributed by atoms with E-state index in [1.165, 1.54) is 6.21 Å². The Morgan fingerprint density at radius 1 is 1.08 bits per heavy atom. The Labute approximate surface area is 155 Å². The van der Waals surface area contributed by atoms with Gasteiger partial charge in [-0.05, 0) is 35.9 Å². The molecular formula is C19H14Cl2N2O2. The highest BCUT2D eigenvalue weighted by atomic mass is 35.5. The molecule has 0 aliphatic rings. The molecule has 25 heavy (non-hydrogen) atoms. The summed E-state index contributed by atoms with van der Waals surface area (Å²) in [4.78, 5) is 11.8. The van der Waals surface area contributed by atoms with Gasteiger partial charge in [0.1, 0.15) is 11.5 Å². The summed E-state index contributed by atoms with van der Waals surface area (Å²) in [7, 11) is 0. The van der Waals surface area contributed by atoms with Crippen molar-refractivity contribution in [1.82, 2.24) is 5.43 Å². The van der Waals surface area contributed by atoms with Gasteiger partial charge in [-0.2, -0.15) is 5.10 Å². The average molecular weight is 373 g/mol. The van der Waals surface area contributed by atoms with Crippen LogP contribution in [0.3, 0.4) is 0 Å². The second-order valence-electron chi connectivity index (χ2n) is 5.28. The van der Waals surface area contributed by atoms with Crippen molar-refractivity contribution in [3.63, 3.8) is 0 Å². The summed E-state index contributed by atoms with van der Waals surface area (Å²) < 4.78 is 5.66. The van der Waals surface area contributed by atoms with E-state index in [0.717, 1.165) is 5.56 Å². The monoisotopic (exact) mass is 372 g/mol. The molecule has 1 N–H and O–H groups in total. The van der Waals surface area contributed by atoms with Crippen LogP contribution in [-0.4, -0.2) is 12.1 Å². The molecule has 0 atom stereocenters. The van der Waals surface area contributed by atoms with Gasteiger partial charge in [-0.25, -0.2) is 5.43 Å². The summed E-state index contributed by atoms with van der Waals surface area (Å²) in [6, 6.07) is 18.1. The molecule has 0 bridgehead atoms. The van der Waals surface area contributed by atoms with Crippen LogP contribution >= 0.6 is 23.2 Å². The fourth-order valence-electron chi connectivity index (χ4n) is 2.24. The minimum atomic E-state index is -0.202. The number of furan rings is 1. The van der Waals surface area contributed by atoms with Crippen LogP contribution in [0.15, 0.2) is 70.2 Å². The third-order valence-corrected chi connectivity index (χ3v) is 3.97. The molecule has 1 aromatic heterocycles. The van der Waals surface area contributed by atoms with Gasteiger partial charge in [0.2, 0.25) is 5.91 Å². The third kappa shape index (κ3) is 4.72. The van der Waals surface area contributed by atoms with Crippen LogP contribution in [-0.2, 0) is 11.2 Å².